The van der Waals surface area contributed by atoms with Crippen LogP contribution in [-0.2, 0) is 9.47 Å². The summed E-state index contributed by atoms with van der Waals surface area (Å²) in [7, 11) is 0. The van der Waals surface area contributed by atoms with Crippen LogP contribution in [0.25, 0.3) is 0 Å². The van der Waals surface area contributed by atoms with Crippen molar-refractivity contribution in [3.8, 4) is 0 Å². The van der Waals surface area contributed by atoms with E-state index in [1.165, 1.54) is 51.4 Å². The first-order valence-electron chi connectivity index (χ1n) is 13.5. The number of rotatable bonds is 6. The summed E-state index contributed by atoms with van der Waals surface area (Å²) in [6, 6.07) is 0. The molecule has 4 rings (SSSR count). The summed E-state index contributed by atoms with van der Waals surface area (Å²) in [6.45, 7) is 3.48. The van der Waals surface area contributed by atoms with E-state index >= 15 is 0 Å². The Labute approximate surface area is 194 Å². The SMILES string of the molecule is CC1CCC(C2COC(C3CCC(/C=C/C4CCC(/C(F)=C/CF)CC4)CC3)OC2)CC1. The van der Waals surface area contributed by atoms with E-state index in [0.717, 1.165) is 56.8 Å². The smallest absolute Gasteiger partial charge is 0.160 e. The van der Waals surface area contributed by atoms with Gasteiger partial charge in [-0.3, -0.25) is 0 Å². The standard InChI is InChI=1S/C28H44F2O2/c1-20-2-10-23(11-3-20)26-18-31-28(32-19-26)25-14-8-22(9-15-25)5-4-21-6-12-24(13-7-21)27(30)16-17-29/h4-5,16,20-26,28H,2-3,6-15,17-19H2,1H3/b5-4+,27-16-. The van der Waals surface area contributed by atoms with E-state index in [2.05, 4.69) is 19.1 Å². The fourth-order valence-electron chi connectivity index (χ4n) is 6.59. The molecule has 0 bridgehead atoms. The van der Waals surface area contributed by atoms with Crippen LogP contribution in [0, 0.1) is 41.4 Å². The summed E-state index contributed by atoms with van der Waals surface area (Å²) in [5.41, 5.74) is 0. The summed E-state index contributed by atoms with van der Waals surface area (Å²) >= 11 is 0. The summed E-state index contributed by atoms with van der Waals surface area (Å²) in [5.74, 6) is 3.79. The van der Waals surface area contributed by atoms with Gasteiger partial charge in [0.25, 0.3) is 0 Å². The molecule has 3 saturated carbocycles. The molecule has 0 amide bonds. The molecule has 0 aromatic heterocycles. The molecule has 4 heteroatoms. The molecule has 182 valence electrons. The monoisotopic (exact) mass is 450 g/mol. The lowest BCUT2D eigenvalue weighted by molar-refractivity contribution is -0.236. The van der Waals surface area contributed by atoms with Gasteiger partial charge >= 0.3 is 0 Å². The van der Waals surface area contributed by atoms with Gasteiger partial charge in [-0.2, -0.15) is 0 Å². The predicted octanol–water partition coefficient (Wildman–Crippen LogP) is 7.79. The van der Waals surface area contributed by atoms with E-state index in [1.54, 1.807) is 0 Å². The highest BCUT2D eigenvalue weighted by atomic mass is 19.1. The Morgan fingerprint density at radius 3 is 1.81 bits per heavy atom. The van der Waals surface area contributed by atoms with Gasteiger partial charge in [0.1, 0.15) is 12.5 Å². The van der Waals surface area contributed by atoms with Crippen molar-refractivity contribution in [3.63, 3.8) is 0 Å². The zero-order valence-corrected chi connectivity index (χ0v) is 20.0. The van der Waals surface area contributed by atoms with Crippen LogP contribution in [0.2, 0.25) is 0 Å². The Kier molecular flexibility index (Phi) is 9.23. The third kappa shape index (κ3) is 6.65. The van der Waals surface area contributed by atoms with Gasteiger partial charge in [-0.25, -0.2) is 8.78 Å². The van der Waals surface area contributed by atoms with Gasteiger partial charge in [0.15, 0.2) is 6.29 Å². The maximum absolute atomic E-state index is 13.8. The lowest BCUT2D eigenvalue weighted by Gasteiger charge is -2.40. The third-order valence-electron chi connectivity index (χ3n) is 8.97. The fraction of sp³-hybridized carbons (Fsp3) is 0.857. The molecule has 0 N–H and O–H groups in total. The van der Waals surface area contributed by atoms with Crippen LogP contribution in [0.4, 0.5) is 8.78 Å². The predicted molar refractivity (Wildman–Crippen MR) is 126 cm³/mol. The highest BCUT2D eigenvalue weighted by Crippen LogP contribution is 2.39. The topological polar surface area (TPSA) is 18.5 Å². The lowest BCUT2D eigenvalue weighted by atomic mass is 9.76. The van der Waals surface area contributed by atoms with E-state index in [-0.39, 0.29) is 18.0 Å². The first-order chi connectivity index (χ1) is 15.6. The van der Waals surface area contributed by atoms with Crippen LogP contribution >= 0.6 is 0 Å². The maximum Gasteiger partial charge on any atom is 0.160 e. The van der Waals surface area contributed by atoms with Crippen molar-refractivity contribution in [1.29, 1.82) is 0 Å². The van der Waals surface area contributed by atoms with E-state index in [4.69, 9.17) is 9.47 Å². The molecule has 0 unspecified atom stereocenters. The van der Waals surface area contributed by atoms with Crippen molar-refractivity contribution in [2.75, 3.05) is 19.9 Å². The molecular weight excluding hydrogens is 406 g/mol. The molecule has 3 aliphatic carbocycles. The molecule has 0 aromatic carbocycles. The average molecular weight is 451 g/mol. The summed E-state index contributed by atoms with van der Waals surface area (Å²) < 4.78 is 38.6. The van der Waals surface area contributed by atoms with Gasteiger partial charge in [-0.15, -0.1) is 0 Å². The van der Waals surface area contributed by atoms with Crippen molar-refractivity contribution in [2.24, 2.45) is 41.4 Å². The average Bonchev–Trinajstić information content (AvgIpc) is 2.84. The van der Waals surface area contributed by atoms with Crippen LogP contribution < -0.4 is 0 Å². The third-order valence-corrected chi connectivity index (χ3v) is 8.97. The molecule has 4 aliphatic rings. The van der Waals surface area contributed by atoms with Crippen LogP contribution in [0.3, 0.4) is 0 Å². The summed E-state index contributed by atoms with van der Waals surface area (Å²) in [5, 5.41) is 0. The molecule has 2 nitrogen and oxygen atoms in total. The maximum atomic E-state index is 13.8. The Morgan fingerprint density at radius 1 is 0.719 bits per heavy atom. The van der Waals surface area contributed by atoms with Crippen LogP contribution in [0.5, 0.6) is 0 Å². The van der Waals surface area contributed by atoms with E-state index in [1.807, 2.05) is 0 Å². The van der Waals surface area contributed by atoms with Crippen molar-refractivity contribution in [3.05, 3.63) is 24.1 Å². The molecule has 1 aliphatic heterocycles. The highest BCUT2D eigenvalue weighted by molar-refractivity contribution is 5.02. The van der Waals surface area contributed by atoms with Gasteiger partial charge in [0.2, 0.25) is 0 Å². The zero-order chi connectivity index (χ0) is 22.3. The minimum Gasteiger partial charge on any atom is -0.352 e. The molecule has 4 fully saturated rings. The van der Waals surface area contributed by atoms with Crippen LogP contribution in [0.15, 0.2) is 24.1 Å². The van der Waals surface area contributed by atoms with Gasteiger partial charge in [0, 0.05) is 17.8 Å². The second kappa shape index (κ2) is 12.1. The first-order valence-corrected chi connectivity index (χ1v) is 13.5. The first kappa shape index (κ1) is 24.4. The Morgan fingerprint density at radius 2 is 1.25 bits per heavy atom. The molecular formula is C28H44F2O2. The van der Waals surface area contributed by atoms with Gasteiger partial charge in [-0.05, 0) is 94.0 Å². The van der Waals surface area contributed by atoms with Crippen molar-refractivity contribution >= 4 is 0 Å². The fourth-order valence-corrected chi connectivity index (χ4v) is 6.59. The minimum absolute atomic E-state index is 0.0150. The Bertz CT molecular complexity index is 601. The number of alkyl halides is 1. The lowest BCUT2D eigenvalue weighted by Crippen LogP contribution is -2.41. The molecule has 1 saturated heterocycles. The molecule has 0 atom stereocenters. The number of halogens is 2. The van der Waals surface area contributed by atoms with E-state index < -0.39 is 6.67 Å². The van der Waals surface area contributed by atoms with Crippen molar-refractivity contribution < 1.29 is 18.3 Å². The Balaban J connectivity index is 1.13. The molecule has 1 heterocycles. The van der Waals surface area contributed by atoms with Gasteiger partial charge in [0.05, 0.1) is 13.2 Å². The number of ether oxygens (including phenoxy) is 2. The quantitative estimate of drug-likeness (QED) is 0.384. The Hall–Kier alpha value is -0.740. The van der Waals surface area contributed by atoms with Gasteiger partial charge in [-0.1, -0.05) is 31.9 Å². The van der Waals surface area contributed by atoms with Crippen molar-refractivity contribution in [2.45, 2.75) is 90.3 Å². The minimum atomic E-state index is -0.689. The summed E-state index contributed by atoms with van der Waals surface area (Å²) in [6.07, 6.45) is 20.0. The second-order valence-corrected chi connectivity index (χ2v) is 11.2. The highest BCUT2D eigenvalue weighted by Gasteiger charge is 2.35. The van der Waals surface area contributed by atoms with Crippen LogP contribution in [-0.4, -0.2) is 26.2 Å². The van der Waals surface area contributed by atoms with Crippen molar-refractivity contribution in [1.82, 2.24) is 0 Å². The normalized spacial score (nSPS) is 42.3. The molecule has 32 heavy (non-hydrogen) atoms. The second-order valence-electron chi connectivity index (χ2n) is 11.2. The molecule has 0 spiro atoms. The number of allylic oxidation sites excluding steroid dienone is 4. The molecule has 0 radical (unpaired) electrons. The van der Waals surface area contributed by atoms with E-state index in [0.29, 0.717) is 23.7 Å². The van der Waals surface area contributed by atoms with Gasteiger partial charge < -0.3 is 9.47 Å². The summed E-state index contributed by atoms with van der Waals surface area (Å²) in [4.78, 5) is 0. The molecule has 0 aromatic rings. The largest absolute Gasteiger partial charge is 0.352 e. The van der Waals surface area contributed by atoms with Crippen LogP contribution in [0.1, 0.15) is 84.0 Å². The van der Waals surface area contributed by atoms with E-state index in [9.17, 15) is 8.78 Å². The number of hydrogen-bond acceptors (Lipinski definition) is 2. The number of hydrogen-bond donors (Lipinski definition) is 0. The zero-order valence-electron chi connectivity index (χ0n) is 20.0.